The first kappa shape index (κ1) is 18.9. The predicted octanol–water partition coefficient (Wildman–Crippen LogP) is 2.50. The fraction of sp³-hybridized carbons (Fsp3) is 0.389. The molecule has 0 saturated carbocycles. The van der Waals surface area contributed by atoms with Gasteiger partial charge < -0.3 is 15.0 Å². The molecule has 1 aromatic carbocycles. The van der Waals surface area contributed by atoms with Gasteiger partial charge in [-0.25, -0.2) is 4.98 Å². The van der Waals surface area contributed by atoms with E-state index in [4.69, 9.17) is 4.74 Å². The van der Waals surface area contributed by atoms with Gasteiger partial charge in [-0.1, -0.05) is 23.9 Å². The number of aromatic nitrogens is 4. The number of thiazole rings is 1. The van der Waals surface area contributed by atoms with Crippen LogP contribution in [0.5, 0.6) is 6.01 Å². The molecule has 1 aliphatic heterocycles. The summed E-state index contributed by atoms with van der Waals surface area (Å²) < 4.78 is 7.19. The minimum Gasteiger partial charge on any atom is -0.467 e. The quantitative estimate of drug-likeness (QED) is 0.587. The zero-order chi connectivity index (χ0) is 19.3. The van der Waals surface area contributed by atoms with E-state index in [9.17, 15) is 4.79 Å². The van der Waals surface area contributed by atoms with Crippen LogP contribution >= 0.6 is 23.1 Å². The standard InChI is InChI=1S/C18H20N6O2S2/c1-26-17-22-14(21-16(23-17)24-8-4-5-9-24)10-19-15(25)11-27-18-20-12-6-2-3-7-13(12)28-18/h2-3,6-7H,4-5,8-11H2,1H3,(H,19,25). The van der Waals surface area contributed by atoms with Gasteiger partial charge >= 0.3 is 6.01 Å². The lowest BCUT2D eigenvalue weighted by Crippen LogP contribution is -2.27. The lowest BCUT2D eigenvalue weighted by atomic mass is 10.3. The molecule has 2 aromatic heterocycles. The zero-order valence-electron chi connectivity index (χ0n) is 15.4. The highest BCUT2D eigenvalue weighted by molar-refractivity contribution is 8.01. The number of anilines is 1. The molecule has 28 heavy (non-hydrogen) atoms. The van der Waals surface area contributed by atoms with Gasteiger partial charge in [0.25, 0.3) is 0 Å². The number of para-hydroxylation sites is 1. The molecule has 1 amide bonds. The Balaban J connectivity index is 1.34. The van der Waals surface area contributed by atoms with Gasteiger partial charge in [0.15, 0.2) is 10.2 Å². The summed E-state index contributed by atoms with van der Waals surface area (Å²) in [6, 6.07) is 8.22. The van der Waals surface area contributed by atoms with Gasteiger partial charge in [0.2, 0.25) is 11.9 Å². The van der Waals surface area contributed by atoms with Gasteiger partial charge in [0.05, 0.1) is 29.6 Å². The fourth-order valence-electron chi connectivity index (χ4n) is 2.88. The number of hydrogen-bond acceptors (Lipinski definition) is 9. The van der Waals surface area contributed by atoms with E-state index in [0.717, 1.165) is 40.5 Å². The number of methoxy groups -OCH3 is 1. The fourth-order valence-corrected chi connectivity index (χ4v) is 4.78. The van der Waals surface area contributed by atoms with E-state index < -0.39 is 0 Å². The second kappa shape index (κ2) is 8.70. The van der Waals surface area contributed by atoms with Gasteiger partial charge in [-0.15, -0.1) is 11.3 Å². The van der Waals surface area contributed by atoms with Crippen LogP contribution in [0, 0.1) is 0 Å². The second-order valence-electron chi connectivity index (χ2n) is 6.25. The minimum absolute atomic E-state index is 0.0913. The Labute approximate surface area is 170 Å². The number of hydrogen-bond donors (Lipinski definition) is 1. The van der Waals surface area contributed by atoms with Crippen LogP contribution in [0.3, 0.4) is 0 Å². The van der Waals surface area contributed by atoms with Gasteiger partial charge in [0, 0.05) is 13.1 Å². The summed E-state index contributed by atoms with van der Waals surface area (Å²) in [5.74, 6) is 1.30. The SMILES string of the molecule is COc1nc(CNC(=O)CSc2nc3ccccc3s2)nc(N2CCCC2)n1. The Morgan fingerprint density at radius 1 is 1.21 bits per heavy atom. The molecule has 0 atom stereocenters. The molecule has 0 radical (unpaired) electrons. The Bertz CT molecular complexity index is 941. The third kappa shape index (κ3) is 4.50. The maximum atomic E-state index is 12.2. The number of amides is 1. The highest BCUT2D eigenvalue weighted by Gasteiger charge is 2.18. The van der Waals surface area contributed by atoms with Crippen molar-refractivity contribution in [2.45, 2.75) is 23.7 Å². The predicted molar refractivity (Wildman–Crippen MR) is 110 cm³/mol. The summed E-state index contributed by atoms with van der Waals surface area (Å²) in [5.41, 5.74) is 0.960. The van der Waals surface area contributed by atoms with Crippen LogP contribution in [0.2, 0.25) is 0 Å². The summed E-state index contributed by atoms with van der Waals surface area (Å²) in [4.78, 5) is 31.9. The molecule has 0 aliphatic carbocycles. The van der Waals surface area contributed by atoms with Crippen molar-refractivity contribution in [2.24, 2.45) is 0 Å². The molecular weight excluding hydrogens is 396 g/mol. The lowest BCUT2D eigenvalue weighted by Gasteiger charge is -2.16. The number of carbonyl (C=O) groups excluding carboxylic acids is 1. The molecular formula is C18H20N6O2S2. The monoisotopic (exact) mass is 416 g/mol. The molecule has 1 fully saturated rings. The first-order chi connectivity index (χ1) is 13.7. The van der Waals surface area contributed by atoms with Crippen molar-refractivity contribution in [1.82, 2.24) is 25.3 Å². The molecule has 1 aliphatic rings. The van der Waals surface area contributed by atoms with Crippen LogP contribution in [0.1, 0.15) is 18.7 Å². The van der Waals surface area contributed by atoms with Gasteiger partial charge in [-0.05, 0) is 25.0 Å². The number of nitrogens with one attached hydrogen (secondary N) is 1. The normalized spacial score (nSPS) is 13.8. The molecule has 146 valence electrons. The van der Waals surface area contributed by atoms with Crippen molar-refractivity contribution in [2.75, 3.05) is 30.9 Å². The van der Waals surface area contributed by atoms with Crippen molar-refractivity contribution in [3.8, 4) is 6.01 Å². The highest BCUT2D eigenvalue weighted by Crippen LogP contribution is 2.29. The van der Waals surface area contributed by atoms with Gasteiger partial charge in [-0.3, -0.25) is 4.79 Å². The number of benzene rings is 1. The van der Waals surface area contributed by atoms with Gasteiger partial charge in [0.1, 0.15) is 0 Å². The van der Waals surface area contributed by atoms with Crippen molar-refractivity contribution in [1.29, 1.82) is 0 Å². The van der Waals surface area contributed by atoms with Crippen LogP contribution in [-0.2, 0) is 11.3 Å². The Hall–Kier alpha value is -2.46. The second-order valence-corrected chi connectivity index (χ2v) is 8.50. The number of ether oxygens (including phenoxy) is 1. The molecule has 1 N–H and O–H groups in total. The largest absolute Gasteiger partial charge is 0.467 e. The van der Waals surface area contributed by atoms with E-state index in [1.54, 1.807) is 11.3 Å². The molecule has 10 heteroatoms. The van der Waals surface area contributed by atoms with Crippen LogP contribution in [0.4, 0.5) is 5.95 Å². The van der Waals surface area contributed by atoms with Crippen LogP contribution < -0.4 is 15.0 Å². The molecule has 0 bridgehead atoms. The first-order valence-electron chi connectivity index (χ1n) is 9.00. The third-order valence-electron chi connectivity index (χ3n) is 4.27. The summed E-state index contributed by atoms with van der Waals surface area (Å²) in [6.07, 6.45) is 2.26. The molecule has 4 rings (SSSR count). The van der Waals surface area contributed by atoms with E-state index in [-0.39, 0.29) is 18.5 Å². The number of fused-ring (bicyclic) bond motifs is 1. The van der Waals surface area contributed by atoms with E-state index >= 15 is 0 Å². The van der Waals surface area contributed by atoms with Crippen LogP contribution in [-0.4, -0.2) is 51.8 Å². The molecule has 0 spiro atoms. The van der Waals surface area contributed by atoms with Gasteiger partial charge in [-0.2, -0.15) is 15.0 Å². The highest BCUT2D eigenvalue weighted by atomic mass is 32.2. The Morgan fingerprint density at radius 2 is 2.04 bits per heavy atom. The smallest absolute Gasteiger partial charge is 0.321 e. The van der Waals surface area contributed by atoms with Crippen molar-refractivity contribution >= 4 is 45.2 Å². The Kier molecular flexibility index (Phi) is 5.87. The number of thioether (sulfide) groups is 1. The molecule has 8 nitrogen and oxygen atoms in total. The average Bonchev–Trinajstić information content (AvgIpc) is 3.40. The summed E-state index contributed by atoms with van der Waals surface area (Å²) in [7, 11) is 1.53. The van der Waals surface area contributed by atoms with E-state index in [0.29, 0.717) is 17.5 Å². The summed E-state index contributed by atoms with van der Waals surface area (Å²) in [5, 5.41) is 2.86. The Morgan fingerprint density at radius 3 is 2.82 bits per heavy atom. The zero-order valence-corrected chi connectivity index (χ0v) is 17.1. The number of rotatable bonds is 7. The maximum Gasteiger partial charge on any atom is 0.321 e. The van der Waals surface area contributed by atoms with Crippen molar-refractivity contribution in [3.63, 3.8) is 0 Å². The molecule has 0 unspecified atom stereocenters. The molecule has 3 heterocycles. The maximum absolute atomic E-state index is 12.2. The summed E-state index contributed by atoms with van der Waals surface area (Å²) in [6.45, 7) is 2.09. The van der Waals surface area contributed by atoms with Crippen molar-refractivity contribution in [3.05, 3.63) is 30.1 Å². The van der Waals surface area contributed by atoms with E-state index in [1.165, 1.54) is 18.9 Å². The summed E-state index contributed by atoms with van der Waals surface area (Å²) >= 11 is 3.02. The van der Waals surface area contributed by atoms with Crippen LogP contribution in [0.25, 0.3) is 10.2 Å². The van der Waals surface area contributed by atoms with E-state index in [1.807, 2.05) is 24.3 Å². The number of nitrogens with zero attached hydrogens (tertiary/aromatic N) is 5. The topological polar surface area (TPSA) is 93.1 Å². The lowest BCUT2D eigenvalue weighted by molar-refractivity contribution is -0.118. The molecule has 1 saturated heterocycles. The van der Waals surface area contributed by atoms with E-state index in [2.05, 4.69) is 30.2 Å². The number of carbonyl (C=O) groups is 1. The van der Waals surface area contributed by atoms with Crippen LogP contribution in [0.15, 0.2) is 28.6 Å². The van der Waals surface area contributed by atoms with Crippen molar-refractivity contribution < 1.29 is 9.53 Å². The average molecular weight is 417 g/mol. The first-order valence-corrected chi connectivity index (χ1v) is 10.8. The minimum atomic E-state index is -0.0913. The third-order valence-corrected chi connectivity index (χ3v) is 6.44. The molecule has 3 aromatic rings.